The van der Waals surface area contributed by atoms with E-state index in [9.17, 15) is 4.79 Å². The smallest absolute Gasteiger partial charge is 0.328 e. The van der Waals surface area contributed by atoms with Crippen LogP contribution in [-0.2, 0) is 4.79 Å². The third-order valence-electron chi connectivity index (χ3n) is 1.91. The number of anilines is 1. The van der Waals surface area contributed by atoms with Gasteiger partial charge in [-0.15, -0.1) is 0 Å². The molecular formula is C8H13N3O2. The first-order chi connectivity index (χ1) is 6.06. The third-order valence-corrected chi connectivity index (χ3v) is 1.91. The molecule has 3 N–H and O–H groups in total. The van der Waals surface area contributed by atoms with E-state index in [2.05, 4.69) is 5.10 Å². The topological polar surface area (TPSA) is 81.1 Å². The summed E-state index contributed by atoms with van der Waals surface area (Å²) in [5.41, 5.74) is 6.22. The molecule has 5 nitrogen and oxygen atoms in total. The molecule has 0 aliphatic rings. The van der Waals surface area contributed by atoms with Crippen LogP contribution in [0.5, 0.6) is 0 Å². The molecule has 0 amide bonds. The number of nitrogen functional groups attached to an aromatic ring is 1. The molecule has 0 aliphatic heterocycles. The Morgan fingerprint density at radius 3 is 2.77 bits per heavy atom. The number of hydrogen-bond donors (Lipinski definition) is 2. The van der Waals surface area contributed by atoms with E-state index >= 15 is 0 Å². The van der Waals surface area contributed by atoms with Gasteiger partial charge in [0.2, 0.25) is 0 Å². The molecule has 0 saturated heterocycles. The predicted molar refractivity (Wildman–Crippen MR) is 48.3 cm³/mol. The van der Waals surface area contributed by atoms with E-state index < -0.39 is 12.0 Å². The van der Waals surface area contributed by atoms with Crippen LogP contribution in [0.2, 0.25) is 0 Å². The van der Waals surface area contributed by atoms with E-state index in [1.807, 2.05) is 0 Å². The molecule has 0 bridgehead atoms. The average molecular weight is 183 g/mol. The van der Waals surface area contributed by atoms with Crippen molar-refractivity contribution in [2.24, 2.45) is 0 Å². The van der Waals surface area contributed by atoms with E-state index in [0.29, 0.717) is 12.2 Å². The standard InChI is InChI=1S/C8H13N3O2/c1-3-6(8(12)13)11-5(2)4-7(9)10-11/h4,6H,3H2,1-2H3,(H2,9,10)(H,12,13)/t6-/m1/s1. The highest BCUT2D eigenvalue weighted by molar-refractivity contribution is 5.71. The van der Waals surface area contributed by atoms with Crippen molar-refractivity contribution < 1.29 is 9.90 Å². The molecule has 1 aromatic heterocycles. The lowest BCUT2D eigenvalue weighted by molar-refractivity contribution is -0.141. The van der Waals surface area contributed by atoms with E-state index in [-0.39, 0.29) is 0 Å². The van der Waals surface area contributed by atoms with Crippen LogP contribution < -0.4 is 5.73 Å². The Hall–Kier alpha value is -1.52. The van der Waals surface area contributed by atoms with Crippen molar-refractivity contribution in [1.82, 2.24) is 9.78 Å². The highest BCUT2D eigenvalue weighted by Crippen LogP contribution is 2.15. The highest BCUT2D eigenvalue weighted by atomic mass is 16.4. The summed E-state index contributed by atoms with van der Waals surface area (Å²) in [4.78, 5) is 10.8. The normalized spacial score (nSPS) is 12.8. The molecule has 0 saturated carbocycles. The van der Waals surface area contributed by atoms with Crippen molar-refractivity contribution in [1.29, 1.82) is 0 Å². The molecule has 0 spiro atoms. The maximum atomic E-state index is 10.8. The van der Waals surface area contributed by atoms with Gasteiger partial charge in [0.25, 0.3) is 0 Å². The Labute approximate surface area is 76.2 Å². The van der Waals surface area contributed by atoms with Crippen molar-refractivity contribution in [2.45, 2.75) is 26.3 Å². The summed E-state index contributed by atoms with van der Waals surface area (Å²) >= 11 is 0. The zero-order valence-electron chi connectivity index (χ0n) is 7.69. The lowest BCUT2D eigenvalue weighted by Gasteiger charge is -2.11. The van der Waals surface area contributed by atoms with Gasteiger partial charge in [0.15, 0.2) is 0 Å². The number of nitrogens with two attached hydrogens (primary N) is 1. The summed E-state index contributed by atoms with van der Waals surface area (Å²) in [5, 5.41) is 12.8. The fourth-order valence-electron chi connectivity index (χ4n) is 1.28. The van der Waals surface area contributed by atoms with Gasteiger partial charge in [-0.25, -0.2) is 4.79 Å². The number of carboxylic acid groups (broad SMARTS) is 1. The molecule has 0 unspecified atom stereocenters. The van der Waals surface area contributed by atoms with Gasteiger partial charge < -0.3 is 10.8 Å². The molecule has 0 fully saturated rings. The summed E-state index contributed by atoms with van der Waals surface area (Å²) in [6.07, 6.45) is 0.497. The number of aryl methyl sites for hydroxylation is 1. The maximum absolute atomic E-state index is 10.8. The monoisotopic (exact) mass is 183 g/mol. The Bertz CT molecular complexity index is 319. The van der Waals surface area contributed by atoms with Crippen LogP contribution in [0.1, 0.15) is 25.1 Å². The first-order valence-electron chi connectivity index (χ1n) is 4.10. The van der Waals surface area contributed by atoms with Gasteiger partial charge in [-0.05, 0) is 13.3 Å². The van der Waals surface area contributed by atoms with Crippen LogP contribution in [0, 0.1) is 6.92 Å². The molecule has 1 aromatic rings. The number of rotatable bonds is 3. The van der Waals surface area contributed by atoms with Crippen LogP contribution in [0.15, 0.2) is 6.07 Å². The first kappa shape index (κ1) is 9.57. The molecular weight excluding hydrogens is 170 g/mol. The lowest BCUT2D eigenvalue weighted by Crippen LogP contribution is -2.20. The number of aromatic nitrogens is 2. The minimum Gasteiger partial charge on any atom is -0.480 e. The van der Waals surface area contributed by atoms with Crippen molar-refractivity contribution in [2.75, 3.05) is 5.73 Å². The third kappa shape index (κ3) is 1.80. The van der Waals surface area contributed by atoms with Gasteiger partial charge in [0, 0.05) is 11.8 Å². The van der Waals surface area contributed by atoms with Crippen LogP contribution in [0.4, 0.5) is 5.82 Å². The molecule has 0 aliphatic carbocycles. The first-order valence-corrected chi connectivity index (χ1v) is 4.10. The maximum Gasteiger partial charge on any atom is 0.328 e. The van der Waals surface area contributed by atoms with Crippen LogP contribution in [0.25, 0.3) is 0 Å². The Morgan fingerprint density at radius 2 is 2.46 bits per heavy atom. The highest BCUT2D eigenvalue weighted by Gasteiger charge is 2.19. The zero-order valence-corrected chi connectivity index (χ0v) is 7.69. The molecule has 1 rings (SSSR count). The number of aliphatic carboxylic acids is 1. The zero-order chi connectivity index (χ0) is 10.0. The second-order valence-electron chi connectivity index (χ2n) is 2.92. The second kappa shape index (κ2) is 3.47. The number of hydrogen-bond acceptors (Lipinski definition) is 3. The van der Waals surface area contributed by atoms with Crippen LogP contribution >= 0.6 is 0 Å². The molecule has 5 heteroatoms. The summed E-state index contributed by atoms with van der Waals surface area (Å²) in [7, 11) is 0. The largest absolute Gasteiger partial charge is 0.480 e. The Balaban J connectivity index is 3.04. The van der Waals surface area contributed by atoms with Gasteiger partial charge >= 0.3 is 5.97 Å². The SMILES string of the molecule is CC[C@H](C(=O)O)n1nc(N)cc1C. The van der Waals surface area contributed by atoms with Crippen molar-refractivity contribution in [3.8, 4) is 0 Å². The molecule has 0 radical (unpaired) electrons. The van der Waals surface area contributed by atoms with Crippen molar-refractivity contribution >= 4 is 11.8 Å². The minimum absolute atomic E-state index is 0.359. The fraction of sp³-hybridized carbons (Fsp3) is 0.500. The summed E-state index contributed by atoms with van der Waals surface area (Å²) in [6, 6.07) is 1.04. The molecule has 1 atom stereocenters. The minimum atomic E-state index is -0.881. The van der Waals surface area contributed by atoms with Gasteiger partial charge in [-0.1, -0.05) is 6.92 Å². The van der Waals surface area contributed by atoms with E-state index in [4.69, 9.17) is 10.8 Å². The Morgan fingerprint density at radius 1 is 1.85 bits per heavy atom. The number of carboxylic acids is 1. The van der Waals surface area contributed by atoms with Crippen LogP contribution in [0.3, 0.4) is 0 Å². The molecule has 1 heterocycles. The molecule has 0 aromatic carbocycles. The predicted octanol–water partition coefficient (Wildman–Crippen LogP) is 0.809. The summed E-state index contributed by atoms with van der Waals surface area (Å²) in [6.45, 7) is 3.59. The van der Waals surface area contributed by atoms with Crippen molar-refractivity contribution in [3.63, 3.8) is 0 Å². The van der Waals surface area contributed by atoms with Crippen LogP contribution in [-0.4, -0.2) is 20.9 Å². The number of carbonyl (C=O) groups is 1. The molecule has 13 heavy (non-hydrogen) atoms. The lowest BCUT2D eigenvalue weighted by atomic mass is 10.2. The van der Waals surface area contributed by atoms with Gasteiger partial charge in [-0.2, -0.15) is 5.10 Å². The van der Waals surface area contributed by atoms with E-state index in [1.54, 1.807) is 19.9 Å². The Kier molecular flexibility index (Phi) is 2.55. The summed E-state index contributed by atoms with van der Waals surface area (Å²) < 4.78 is 1.44. The quantitative estimate of drug-likeness (QED) is 0.726. The van der Waals surface area contributed by atoms with Gasteiger partial charge in [-0.3, -0.25) is 4.68 Å². The van der Waals surface area contributed by atoms with Gasteiger partial charge in [0.1, 0.15) is 11.9 Å². The fourth-order valence-corrected chi connectivity index (χ4v) is 1.28. The van der Waals surface area contributed by atoms with E-state index in [0.717, 1.165) is 5.69 Å². The van der Waals surface area contributed by atoms with Gasteiger partial charge in [0.05, 0.1) is 0 Å². The van der Waals surface area contributed by atoms with E-state index in [1.165, 1.54) is 4.68 Å². The second-order valence-corrected chi connectivity index (χ2v) is 2.92. The number of nitrogens with zero attached hydrogens (tertiary/aromatic N) is 2. The average Bonchev–Trinajstić information content (AvgIpc) is 2.31. The summed E-state index contributed by atoms with van der Waals surface area (Å²) in [5.74, 6) is -0.522. The molecule has 72 valence electrons. The van der Waals surface area contributed by atoms with Crippen molar-refractivity contribution in [3.05, 3.63) is 11.8 Å².